The minimum absolute atomic E-state index is 0. The molecular formula is K2O9S2. The summed E-state index contributed by atoms with van der Waals surface area (Å²) in [5, 5.41) is 6.70. The Morgan fingerprint density at radius 2 is 1.23 bits per heavy atom. The molecule has 0 spiro atoms. The van der Waals surface area contributed by atoms with Crippen LogP contribution in [0.15, 0.2) is 0 Å². The van der Waals surface area contributed by atoms with Crippen LogP contribution in [0.1, 0.15) is 0 Å². The van der Waals surface area contributed by atoms with E-state index in [1.54, 1.807) is 0 Å². The molecule has 0 unspecified atom stereocenters. The van der Waals surface area contributed by atoms with E-state index in [4.69, 9.17) is 13.3 Å². The fraction of sp³-hybridized carbons (Fsp3) is 0. The van der Waals surface area contributed by atoms with Crippen LogP contribution in [-0.4, -0.2) is 21.7 Å². The van der Waals surface area contributed by atoms with Crippen molar-refractivity contribution >= 4 is 21.8 Å². The third-order valence-electron chi connectivity index (χ3n) is 0.250. The zero-order valence-electron chi connectivity index (χ0n) is 6.49. The fourth-order valence-electron chi connectivity index (χ4n) is 0.102. The molecule has 0 aromatic rings. The average Bonchev–Trinajstić information content (AvgIpc) is 2.11. The summed E-state index contributed by atoms with van der Waals surface area (Å²) in [7, 11) is -3.99. The molecule has 1 saturated heterocycles. The largest absolute Gasteiger partial charge is 1.00 e. The molecule has 0 aromatic heterocycles. The molecule has 0 aliphatic carbocycles. The van der Waals surface area contributed by atoms with Crippen LogP contribution in [0.2, 0.25) is 0 Å². The quantitative estimate of drug-likeness (QED) is 0.242. The van der Waals surface area contributed by atoms with Crippen molar-refractivity contribution in [3.8, 4) is 0 Å². The van der Waals surface area contributed by atoms with Crippen molar-refractivity contribution in [2.45, 2.75) is 0 Å². The van der Waals surface area contributed by atoms with E-state index in [0.29, 0.717) is 0 Å². The molecule has 1 aliphatic rings. The average molecular weight is 286 g/mol. The van der Waals surface area contributed by atoms with Gasteiger partial charge in [-0.15, -0.1) is 11.4 Å². The van der Waals surface area contributed by atoms with Crippen molar-refractivity contribution < 1.29 is 143 Å². The van der Waals surface area contributed by atoms with E-state index < -0.39 is 21.8 Å². The van der Waals surface area contributed by atoms with Gasteiger partial charge in [0.25, 0.3) is 0 Å². The second-order valence-corrected chi connectivity index (χ2v) is 2.38. The first-order valence-electron chi connectivity index (χ1n) is 1.67. The molecule has 0 N–H and O–H groups in total. The van der Waals surface area contributed by atoms with Gasteiger partial charge in [-0.25, -0.2) is 0 Å². The Balaban J connectivity index is -0.000000150. The van der Waals surface area contributed by atoms with Crippen LogP contribution < -0.4 is 103 Å². The summed E-state index contributed by atoms with van der Waals surface area (Å²) < 4.78 is 51.5. The zero-order chi connectivity index (χ0) is 8.91. The predicted molar refractivity (Wildman–Crippen MR) is 23.0 cm³/mol. The van der Waals surface area contributed by atoms with Crippen LogP contribution in [0.4, 0.5) is 0 Å². The molecule has 1 aliphatic heterocycles. The van der Waals surface area contributed by atoms with Crippen LogP contribution in [0, 0.1) is 0 Å². The maximum atomic E-state index is 9.74. The van der Waals surface area contributed by atoms with Gasteiger partial charge >= 0.3 is 113 Å². The summed E-state index contributed by atoms with van der Waals surface area (Å²) in [4.78, 5) is 0. The Morgan fingerprint density at radius 1 is 1.00 bits per heavy atom. The van der Waals surface area contributed by atoms with Crippen molar-refractivity contribution in [3.63, 3.8) is 0 Å². The molecule has 9 nitrogen and oxygen atoms in total. The normalized spacial score (nSPS) is 17.8. The number of hydrogen-bond acceptors (Lipinski definition) is 9. The maximum absolute atomic E-state index is 9.74. The van der Waals surface area contributed by atoms with E-state index in [-0.39, 0.29) is 103 Å². The molecular weight excluding hydrogens is 286 g/mol. The summed E-state index contributed by atoms with van der Waals surface area (Å²) >= 11 is -3.11. The van der Waals surface area contributed by atoms with Crippen LogP contribution >= 0.6 is 0 Å². The Morgan fingerprint density at radius 3 is 1.31 bits per heavy atom. The van der Waals surface area contributed by atoms with Gasteiger partial charge in [0, 0.05) is 0 Å². The first-order chi connectivity index (χ1) is 4.94. The molecule has 0 amide bonds. The molecule has 0 bridgehead atoms. The van der Waals surface area contributed by atoms with Gasteiger partial charge in [-0.05, 0) is 18.7 Å². The van der Waals surface area contributed by atoms with Crippen molar-refractivity contribution in [1.29, 1.82) is 0 Å². The number of hydrogen-bond donors (Lipinski definition) is 0. The maximum Gasteiger partial charge on any atom is 1.00 e. The van der Waals surface area contributed by atoms with Gasteiger partial charge in [0.15, 0.2) is 0 Å². The number of rotatable bonds is 0. The first kappa shape index (κ1) is 21.4. The van der Waals surface area contributed by atoms with Gasteiger partial charge < -0.3 is 9.11 Å². The third-order valence-corrected chi connectivity index (χ3v) is 0.694. The summed E-state index contributed by atoms with van der Waals surface area (Å²) in [5.41, 5.74) is 0. The van der Waals surface area contributed by atoms with Crippen molar-refractivity contribution in [2.24, 2.45) is 0 Å². The molecule has 0 aromatic carbocycles. The second-order valence-electron chi connectivity index (χ2n) is 0.885. The molecule has 0 radical (unpaired) electrons. The van der Waals surface area contributed by atoms with Crippen molar-refractivity contribution in [1.82, 2.24) is 0 Å². The van der Waals surface area contributed by atoms with Gasteiger partial charge in [-0.2, -0.15) is 8.42 Å². The van der Waals surface area contributed by atoms with Gasteiger partial charge in [-0.3, -0.25) is 4.21 Å². The monoisotopic (exact) mass is 286 g/mol. The van der Waals surface area contributed by atoms with Gasteiger partial charge in [0.05, 0.1) is 0 Å². The Hall–Kier alpha value is 3.13. The Labute approximate surface area is 161 Å². The van der Waals surface area contributed by atoms with Crippen molar-refractivity contribution in [3.05, 3.63) is 0 Å². The van der Waals surface area contributed by atoms with Crippen molar-refractivity contribution in [2.75, 3.05) is 0 Å². The van der Waals surface area contributed by atoms with E-state index in [0.717, 1.165) is 0 Å². The second kappa shape index (κ2) is 11.6. The standard InChI is InChI=1S/2K.O6S.H2O3S/c;;1-7(2)5-3-4-6-7;1-4(2)3/h;;;(H2,1,2,3)/q2*+1;;/p-2. The first-order valence-corrected chi connectivity index (χ1v) is 4.00. The predicted octanol–water partition coefficient (Wildman–Crippen LogP) is -7.94. The fourth-order valence-corrected chi connectivity index (χ4v) is 0.306. The molecule has 1 fully saturated rings. The van der Waals surface area contributed by atoms with Gasteiger partial charge in [-0.1, -0.05) is 0 Å². The topological polar surface area (TPSA) is 134 Å². The van der Waals surface area contributed by atoms with Crippen LogP contribution in [-0.2, 0) is 40.5 Å². The molecule has 68 valence electrons. The molecule has 1 heterocycles. The van der Waals surface area contributed by atoms with E-state index in [9.17, 15) is 8.42 Å². The Kier molecular flexibility index (Phi) is 19.1. The molecule has 13 heavy (non-hydrogen) atoms. The van der Waals surface area contributed by atoms with Gasteiger partial charge in [0.2, 0.25) is 0 Å². The van der Waals surface area contributed by atoms with Crippen LogP contribution in [0.5, 0.6) is 0 Å². The summed E-state index contributed by atoms with van der Waals surface area (Å²) in [6.45, 7) is 0. The summed E-state index contributed by atoms with van der Waals surface area (Å²) in [6, 6.07) is 0. The zero-order valence-corrected chi connectivity index (χ0v) is 14.4. The minimum atomic E-state index is -3.99. The third kappa shape index (κ3) is 17.7. The molecule has 1 rings (SSSR count). The SMILES string of the molecule is O=S([O-])[O-].O=S1(=O)OOOO1.[K+].[K+]. The van der Waals surface area contributed by atoms with E-state index in [1.165, 1.54) is 0 Å². The van der Waals surface area contributed by atoms with E-state index >= 15 is 0 Å². The van der Waals surface area contributed by atoms with E-state index in [2.05, 4.69) is 18.7 Å². The summed E-state index contributed by atoms with van der Waals surface area (Å²) in [6.07, 6.45) is 0. The molecule has 0 atom stereocenters. The van der Waals surface area contributed by atoms with Crippen LogP contribution in [0.25, 0.3) is 0 Å². The molecule has 13 heteroatoms. The summed E-state index contributed by atoms with van der Waals surface area (Å²) in [5.74, 6) is 0. The smallest absolute Gasteiger partial charge is 0.784 e. The minimum Gasteiger partial charge on any atom is -0.784 e. The Bertz CT molecular complexity index is 202. The van der Waals surface area contributed by atoms with Crippen LogP contribution in [0.3, 0.4) is 0 Å². The van der Waals surface area contributed by atoms with Gasteiger partial charge in [0.1, 0.15) is 0 Å². The van der Waals surface area contributed by atoms with E-state index in [1.807, 2.05) is 0 Å². The molecule has 0 saturated carbocycles.